The molecule has 7 nitrogen and oxygen atoms in total. The van der Waals surface area contributed by atoms with Crippen LogP contribution in [0.3, 0.4) is 0 Å². The van der Waals surface area contributed by atoms with Gasteiger partial charge in [0.2, 0.25) is 11.7 Å². The predicted octanol–water partition coefficient (Wildman–Crippen LogP) is 4.60. The Hall–Kier alpha value is -4.13. The van der Waals surface area contributed by atoms with Crippen LogP contribution in [0.4, 0.5) is 0 Å². The molecular formula is C25H23N3O4. The van der Waals surface area contributed by atoms with Crippen LogP contribution < -0.4 is 9.47 Å². The molecule has 0 saturated heterocycles. The van der Waals surface area contributed by atoms with Crippen molar-refractivity contribution in [2.75, 3.05) is 14.2 Å². The molecule has 1 aromatic heterocycles. The van der Waals surface area contributed by atoms with Crippen molar-refractivity contribution in [2.45, 2.75) is 13.2 Å². The zero-order valence-corrected chi connectivity index (χ0v) is 17.9. The lowest BCUT2D eigenvalue weighted by Crippen LogP contribution is -2.26. The Morgan fingerprint density at radius 3 is 2.59 bits per heavy atom. The van der Waals surface area contributed by atoms with Crippen molar-refractivity contribution in [2.24, 2.45) is 0 Å². The highest BCUT2D eigenvalue weighted by Gasteiger charge is 2.19. The number of methoxy groups -OCH3 is 1. The predicted molar refractivity (Wildman–Crippen MR) is 119 cm³/mol. The molecule has 0 radical (unpaired) electrons. The third-order valence-electron chi connectivity index (χ3n) is 4.87. The summed E-state index contributed by atoms with van der Waals surface area (Å²) in [4.78, 5) is 19.0. The Balaban J connectivity index is 1.45. The average molecular weight is 429 g/mol. The zero-order chi connectivity index (χ0) is 22.3. The molecule has 0 fully saturated rings. The highest BCUT2D eigenvalue weighted by molar-refractivity contribution is 5.96. The molecule has 7 heteroatoms. The van der Waals surface area contributed by atoms with Gasteiger partial charge in [0.1, 0.15) is 24.7 Å². The minimum Gasteiger partial charge on any atom is -0.497 e. The van der Waals surface area contributed by atoms with Crippen LogP contribution in [0.25, 0.3) is 11.4 Å². The number of carbonyl (C=O) groups excluding carboxylic acids is 1. The van der Waals surface area contributed by atoms with Crippen LogP contribution in [-0.4, -0.2) is 35.1 Å². The van der Waals surface area contributed by atoms with Crippen molar-refractivity contribution in [3.05, 3.63) is 95.9 Å². The summed E-state index contributed by atoms with van der Waals surface area (Å²) in [7, 11) is 3.29. The van der Waals surface area contributed by atoms with E-state index in [0.29, 0.717) is 35.4 Å². The fourth-order valence-corrected chi connectivity index (χ4v) is 3.18. The normalized spacial score (nSPS) is 10.6. The molecule has 0 aliphatic rings. The summed E-state index contributed by atoms with van der Waals surface area (Å²) in [6, 6.07) is 24.4. The van der Waals surface area contributed by atoms with E-state index in [4.69, 9.17) is 14.0 Å². The van der Waals surface area contributed by atoms with Crippen molar-refractivity contribution in [3.63, 3.8) is 0 Å². The van der Waals surface area contributed by atoms with E-state index < -0.39 is 0 Å². The third kappa shape index (κ3) is 4.95. The molecule has 32 heavy (non-hydrogen) atoms. The minimum absolute atomic E-state index is 0.169. The quantitative estimate of drug-likeness (QED) is 0.407. The first-order valence-corrected chi connectivity index (χ1v) is 10.1. The van der Waals surface area contributed by atoms with Crippen molar-refractivity contribution in [1.82, 2.24) is 15.0 Å². The van der Waals surface area contributed by atoms with Crippen LogP contribution in [0.2, 0.25) is 0 Å². The molecule has 0 bridgehead atoms. The summed E-state index contributed by atoms with van der Waals surface area (Å²) in [5.74, 6) is 1.80. The Morgan fingerprint density at radius 1 is 1.00 bits per heavy atom. The third-order valence-corrected chi connectivity index (χ3v) is 4.87. The SMILES string of the molecule is COc1cccc(-c2noc(CN(C)C(=O)c3ccccc3OCc3ccccc3)n2)c1. The van der Waals surface area contributed by atoms with E-state index >= 15 is 0 Å². The van der Waals surface area contributed by atoms with Crippen LogP contribution >= 0.6 is 0 Å². The Bertz CT molecular complexity index is 1190. The largest absolute Gasteiger partial charge is 0.497 e. The smallest absolute Gasteiger partial charge is 0.257 e. The molecule has 0 aliphatic heterocycles. The zero-order valence-electron chi connectivity index (χ0n) is 17.9. The summed E-state index contributed by atoms with van der Waals surface area (Å²) in [6.45, 7) is 0.547. The van der Waals surface area contributed by atoms with Crippen molar-refractivity contribution < 1.29 is 18.8 Å². The number of hydrogen-bond acceptors (Lipinski definition) is 6. The van der Waals surface area contributed by atoms with Crippen LogP contribution in [0.5, 0.6) is 11.5 Å². The van der Waals surface area contributed by atoms with Gasteiger partial charge in [0.05, 0.1) is 12.7 Å². The molecule has 4 rings (SSSR count). The second-order valence-corrected chi connectivity index (χ2v) is 7.18. The second kappa shape index (κ2) is 9.78. The lowest BCUT2D eigenvalue weighted by molar-refractivity contribution is 0.0764. The summed E-state index contributed by atoms with van der Waals surface area (Å²) >= 11 is 0. The minimum atomic E-state index is -0.199. The molecule has 0 unspecified atom stereocenters. The average Bonchev–Trinajstić information content (AvgIpc) is 3.31. The first kappa shape index (κ1) is 21.1. The van der Waals surface area contributed by atoms with Crippen LogP contribution in [0.15, 0.2) is 83.4 Å². The van der Waals surface area contributed by atoms with Crippen LogP contribution in [-0.2, 0) is 13.2 Å². The maximum absolute atomic E-state index is 13.1. The number of para-hydroxylation sites is 1. The molecule has 0 saturated carbocycles. The molecule has 3 aromatic carbocycles. The van der Waals surface area contributed by atoms with Crippen molar-refractivity contribution in [3.8, 4) is 22.9 Å². The summed E-state index contributed by atoms with van der Waals surface area (Å²) in [5.41, 5.74) is 2.27. The molecule has 4 aromatic rings. The van der Waals surface area contributed by atoms with Crippen LogP contribution in [0, 0.1) is 0 Å². The van der Waals surface area contributed by atoms with E-state index in [1.807, 2.05) is 66.7 Å². The molecule has 0 spiro atoms. The molecule has 1 amide bonds. The van der Waals surface area contributed by atoms with E-state index in [0.717, 1.165) is 11.1 Å². The number of ether oxygens (including phenoxy) is 2. The van der Waals surface area contributed by atoms with Gasteiger partial charge in [0.15, 0.2) is 0 Å². The van der Waals surface area contributed by atoms with Gasteiger partial charge in [0.25, 0.3) is 5.91 Å². The van der Waals surface area contributed by atoms with Gasteiger partial charge in [-0.1, -0.05) is 59.8 Å². The first-order valence-electron chi connectivity index (χ1n) is 10.1. The highest BCUT2D eigenvalue weighted by atomic mass is 16.5. The highest BCUT2D eigenvalue weighted by Crippen LogP contribution is 2.23. The molecule has 0 N–H and O–H groups in total. The van der Waals surface area contributed by atoms with Gasteiger partial charge in [-0.25, -0.2) is 0 Å². The maximum atomic E-state index is 13.1. The number of rotatable bonds is 8. The van der Waals surface area contributed by atoms with Crippen LogP contribution in [0.1, 0.15) is 21.8 Å². The molecule has 1 heterocycles. The summed E-state index contributed by atoms with van der Waals surface area (Å²) in [5, 5.41) is 4.02. The maximum Gasteiger partial charge on any atom is 0.257 e. The monoisotopic (exact) mass is 429 g/mol. The summed E-state index contributed by atoms with van der Waals surface area (Å²) in [6.07, 6.45) is 0. The van der Waals surface area contributed by atoms with Crippen molar-refractivity contribution in [1.29, 1.82) is 0 Å². The Labute approximate surface area is 186 Å². The fourth-order valence-electron chi connectivity index (χ4n) is 3.18. The van der Waals surface area contributed by atoms with E-state index in [2.05, 4.69) is 10.1 Å². The van der Waals surface area contributed by atoms with Gasteiger partial charge in [-0.15, -0.1) is 0 Å². The standard InChI is InChI=1S/C25H23N3O4/c1-28(16-23-26-24(27-32-23)19-11-8-12-20(15-19)30-2)25(29)21-13-6-7-14-22(21)31-17-18-9-4-3-5-10-18/h3-15H,16-17H2,1-2H3. The van der Waals surface area contributed by atoms with Crippen molar-refractivity contribution >= 4 is 5.91 Å². The number of amides is 1. The number of nitrogens with zero attached hydrogens (tertiary/aromatic N) is 3. The second-order valence-electron chi connectivity index (χ2n) is 7.18. The molecule has 0 atom stereocenters. The number of aromatic nitrogens is 2. The molecule has 0 aliphatic carbocycles. The lowest BCUT2D eigenvalue weighted by Gasteiger charge is -2.17. The van der Waals surface area contributed by atoms with Gasteiger partial charge >= 0.3 is 0 Å². The fraction of sp³-hybridized carbons (Fsp3) is 0.160. The van der Waals surface area contributed by atoms with Gasteiger partial charge in [-0.3, -0.25) is 4.79 Å². The van der Waals surface area contributed by atoms with E-state index in [1.165, 1.54) is 4.90 Å². The molecular weight excluding hydrogens is 406 g/mol. The van der Waals surface area contributed by atoms with E-state index in [9.17, 15) is 4.79 Å². The summed E-state index contributed by atoms with van der Waals surface area (Å²) < 4.78 is 16.5. The topological polar surface area (TPSA) is 77.7 Å². The lowest BCUT2D eigenvalue weighted by atomic mass is 10.1. The van der Waals surface area contributed by atoms with E-state index in [1.54, 1.807) is 26.3 Å². The van der Waals surface area contributed by atoms with Gasteiger partial charge in [-0.2, -0.15) is 4.98 Å². The number of benzene rings is 3. The Kier molecular flexibility index (Phi) is 6.46. The molecule has 162 valence electrons. The number of hydrogen-bond donors (Lipinski definition) is 0. The van der Waals surface area contributed by atoms with Gasteiger partial charge in [0, 0.05) is 12.6 Å². The Morgan fingerprint density at radius 2 is 1.78 bits per heavy atom. The van der Waals surface area contributed by atoms with Gasteiger partial charge < -0.3 is 18.9 Å². The van der Waals surface area contributed by atoms with E-state index in [-0.39, 0.29) is 12.5 Å². The van der Waals surface area contributed by atoms with Gasteiger partial charge in [-0.05, 0) is 29.8 Å². The number of carbonyl (C=O) groups is 1. The first-order chi connectivity index (χ1) is 15.6.